The molecule has 1 unspecified atom stereocenters. The number of hydrogen-bond acceptors (Lipinski definition) is 6. The molecule has 0 aliphatic carbocycles. The third-order valence-electron chi connectivity index (χ3n) is 6.29. The first-order valence-corrected chi connectivity index (χ1v) is 12.2. The number of esters is 1. The Kier molecular flexibility index (Phi) is 8.03. The first-order chi connectivity index (χ1) is 17.1. The number of ether oxygens (including phenoxy) is 2. The monoisotopic (exact) mass is 476 g/mol. The molecule has 184 valence electrons. The van der Waals surface area contributed by atoms with E-state index in [0.29, 0.717) is 25.1 Å². The largest absolute Gasteiger partial charge is 0.450 e. The fourth-order valence-electron chi connectivity index (χ4n) is 4.45. The summed E-state index contributed by atoms with van der Waals surface area (Å²) in [6.07, 6.45) is 4.76. The van der Waals surface area contributed by atoms with Crippen molar-refractivity contribution in [1.29, 1.82) is 0 Å². The van der Waals surface area contributed by atoms with E-state index in [9.17, 15) is 9.59 Å². The molecule has 8 nitrogen and oxygen atoms in total. The van der Waals surface area contributed by atoms with Gasteiger partial charge >= 0.3 is 12.1 Å². The SMILES string of the molecule is CCN(CC)c1ccc2c(c1)OC(=O)CC2CCCOC(=O)NCc1cccc(-c2c[nH]cn2)c1. The number of amides is 1. The first-order valence-electron chi connectivity index (χ1n) is 12.2. The lowest BCUT2D eigenvalue weighted by molar-refractivity contribution is -0.136. The fraction of sp³-hybridized carbons (Fsp3) is 0.370. The minimum atomic E-state index is -0.456. The lowest BCUT2D eigenvalue weighted by Gasteiger charge is -2.27. The van der Waals surface area contributed by atoms with Crippen molar-refractivity contribution in [3.8, 4) is 17.0 Å². The summed E-state index contributed by atoms with van der Waals surface area (Å²) in [5.74, 6) is 0.495. The molecule has 8 heteroatoms. The number of hydrogen-bond donors (Lipinski definition) is 2. The summed E-state index contributed by atoms with van der Waals surface area (Å²) in [5.41, 5.74) is 4.89. The lowest BCUT2D eigenvalue weighted by atomic mass is 9.88. The Morgan fingerprint density at radius 2 is 2.09 bits per heavy atom. The van der Waals surface area contributed by atoms with Crippen molar-refractivity contribution < 1.29 is 19.1 Å². The van der Waals surface area contributed by atoms with Crippen molar-refractivity contribution in [2.45, 2.75) is 45.6 Å². The predicted octanol–water partition coefficient (Wildman–Crippen LogP) is 5.02. The van der Waals surface area contributed by atoms with E-state index in [4.69, 9.17) is 9.47 Å². The van der Waals surface area contributed by atoms with Gasteiger partial charge in [-0.15, -0.1) is 0 Å². The van der Waals surface area contributed by atoms with Crippen LogP contribution in [-0.4, -0.2) is 41.7 Å². The minimum Gasteiger partial charge on any atom is -0.450 e. The summed E-state index contributed by atoms with van der Waals surface area (Å²) in [6.45, 7) is 6.65. The minimum absolute atomic E-state index is 0.0634. The van der Waals surface area contributed by atoms with Crippen LogP contribution in [0.1, 0.15) is 50.2 Å². The molecule has 0 bridgehead atoms. The van der Waals surface area contributed by atoms with Crippen LogP contribution in [0, 0.1) is 0 Å². The number of carbonyl (C=O) groups is 2. The molecule has 1 atom stereocenters. The van der Waals surface area contributed by atoms with Crippen LogP contribution >= 0.6 is 0 Å². The number of nitrogens with one attached hydrogen (secondary N) is 2. The standard InChI is InChI=1S/C27H32N4O4/c1-3-31(4-2)22-10-11-23-20(14-26(32)35-25(23)15-22)9-6-12-34-27(33)29-16-19-7-5-8-21(13-19)24-17-28-18-30-24/h5,7-8,10-11,13,15,17-18,20H,3-4,6,9,12,14,16H2,1-2H3,(H,28,30)(H,29,33). The molecule has 1 aromatic heterocycles. The zero-order valence-electron chi connectivity index (χ0n) is 20.3. The zero-order chi connectivity index (χ0) is 24.6. The summed E-state index contributed by atoms with van der Waals surface area (Å²) < 4.78 is 10.9. The van der Waals surface area contributed by atoms with E-state index < -0.39 is 6.09 Å². The van der Waals surface area contributed by atoms with Gasteiger partial charge in [0.15, 0.2) is 0 Å². The number of imidazole rings is 1. The van der Waals surface area contributed by atoms with Crippen molar-refractivity contribution >= 4 is 17.7 Å². The number of alkyl carbamates (subject to hydrolysis) is 1. The maximum Gasteiger partial charge on any atom is 0.407 e. The van der Waals surface area contributed by atoms with Crippen LogP contribution in [0.4, 0.5) is 10.5 Å². The van der Waals surface area contributed by atoms with E-state index >= 15 is 0 Å². The van der Waals surface area contributed by atoms with Gasteiger partial charge in [-0.25, -0.2) is 9.78 Å². The Bertz CT molecular complexity index is 1140. The van der Waals surface area contributed by atoms with Gasteiger partial charge in [-0.1, -0.05) is 24.3 Å². The maximum absolute atomic E-state index is 12.2. The van der Waals surface area contributed by atoms with Gasteiger partial charge in [0, 0.05) is 43.1 Å². The number of benzene rings is 2. The van der Waals surface area contributed by atoms with Gasteiger partial charge in [0.2, 0.25) is 0 Å². The smallest absolute Gasteiger partial charge is 0.407 e. The predicted molar refractivity (Wildman–Crippen MR) is 134 cm³/mol. The van der Waals surface area contributed by atoms with Gasteiger partial charge in [-0.2, -0.15) is 0 Å². The molecule has 2 N–H and O–H groups in total. The van der Waals surface area contributed by atoms with Crippen LogP contribution in [0.5, 0.6) is 5.75 Å². The Balaban J connectivity index is 1.24. The van der Waals surface area contributed by atoms with Gasteiger partial charge in [0.1, 0.15) is 5.75 Å². The van der Waals surface area contributed by atoms with Crippen LogP contribution in [-0.2, 0) is 16.1 Å². The second kappa shape index (κ2) is 11.6. The van der Waals surface area contributed by atoms with Crippen molar-refractivity contribution in [2.75, 3.05) is 24.6 Å². The van der Waals surface area contributed by atoms with E-state index in [1.54, 1.807) is 6.33 Å². The molecule has 0 saturated heterocycles. The molecule has 2 heterocycles. The third-order valence-corrected chi connectivity index (χ3v) is 6.29. The second-order valence-corrected chi connectivity index (χ2v) is 8.56. The van der Waals surface area contributed by atoms with Crippen LogP contribution in [0.3, 0.4) is 0 Å². The number of carbonyl (C=O) groups excluding carboxylic acids is 2. The van der Waals surface area contributed by atoms with Crippen LogP contribution in [0.15, 0.2) is 55.0 Å². The molecule has 3 aromatic rings. The average Bonchev–Trinajstić information content (AvgIpc) is 3.41. The molecule has 2 aromatic carbocycles. The van der Waals surface area contributed by atoms with Gasteiger partial charge < -0.3 is 24.7 Å². The molecule has 1 aliphatic rings. The van der Waals surface area contributed by atoms with Crippen molar-refractivity contribution in [3.63, 3.8) is 0 Å². The molecular formula is C27H32N4O4. The van der Waals surface area contributed by atoms with Crippen LogP contribution < -0.4 is 15.0 Å². The van der Waals surface area contributed by atoms with Crippen LogP contribution in [0.25, 0.3) is 11.3 Å². The molecule has 35 heavy (non-hydrogen) atoms. The Morgan fingerprint density at radius 1 is 1.23 bits per heavy atom. The highest BCUT2D eigenvalue weighted by Crippen LogP contribution is 2.39. The third kappa shape index (κ3) is 6.20. The van der Waals surface area contributed by atoms with E-state index in [-0.39, 0.29) is 18.5 Å². The molecule has 0 radical (unpaired) electrons. The molecule has 4 rings (SSSR count). The average molecular weight is 477 g/mol. The van der Waals surface area contributed by atoms with Gasteiger partial charge in [-0.05, 0) is 55.9 Å². The summed E-state index contributed by atoms with van der Waals surface area (Å²) in [6, 6.07) is 13.9. The van der Waals surface area contributed by atoms with Gasteiger partial charge in [0.25, 0.3) is 0 Å². The van der Waals surface area contributed by atoms with Gasteiger partial charge in [-0.3, -0.25) is 4.79 Å². The van der Waals surface area contributed by atoms with Crippen molar-refractivity contribution in [2.24, 2.45) is 0 Å². The Hall–Kier alpha value is -3.81. The van der Waals surface area contributed by atoms with Crippen molar-refractivity contribution in [1.82, 2.24) is 15.3 Å². The second-order valence-electron chi connectivity index (χ2n) is 8.56. The number of H-pyrrole nitrogens is 1. The van der Waals surface area contributed by atoms with E-state index in [1.165, 1.54) is 0 Å². The molecule has 0 saturated carbocycles. The summed E-state index contributed by atoms with van der Waals surface area (Å²) in [7, 11) is 0. The molecule has 1 amide bonds. The number of anilines is 1. The number of rotatable bonds is 10. The topological polar surface area (TPSA) is 96.5 Å². The first kappa shape index (κ1) is 24.3. The maximum atomic E-state index is 12.2. The normalized spacial score (nSPS) is 14.7. The Morgan fingerprint density at radius 3 is 2.86 bits per heavy atom. The lowest BCUT2D eigenvalue weighted by Crippen LogP contribution is -2.25. The molecular weight excluding hydrogens is 444 g/mol. The highest BCUT2D eigenvalue weighted by molar-refractivity contribution is 5.77. The number of aromatic nitrogens is 2. The van der Waals surface area contributed by atoms with E-state index in [1.807, 2.05) is 36.5 Å². The summed E-state index contributed by atoms with van der Waals surface area (Å²) >= 11 is 0. The number of fused-ring (bicyclic) bond motifs is 1. The Labute approximate surface area is 205 Å². The zero-order valence-corrected chi connectivity index (χ0v) is 20.3. The number of nitrogens with zero attached hydrogens (tertiary/aromatic N) is 2. The summed E-state index contributed by atoms with van der Waals surface area (Å²) in [5, 5.41) is 2.79. The highest BCUT2D eigenvalue weighted by atomic mass is 16.5. The summed E-state index contributed by atoms with van der Waals surface area (Å²) in [4.78, 5) is 33.8. The van der Waals surface area contributed by atoms with E-state index in [2.05, 4.69) is 46.2 Å². The van der Waals surface area contributed by atoms with Crippen LogP contribution in [0.2, 0.25) is 0 Å². The van der Waals surface area contributed by atoms with Gasteiger partial charge in [0.05, 0.1) is 25.0 Å². The molecule has 0 spiro atoms. The fourth-order valence-corrected chi connectivity index (χ4v) is 4.45. The quantitative estimate of drug-likeness (QED) is 0.242. The molecule has 0 fully saturated rings. The highest BCUT2D eigenvalue weighted by Gasteiger charge is 2.27. The number of aromatic amines is 1. The van der Waals surface area contributed by atoms with Crippen molar-refractivity contribution in [3.05, 3.63) is 66.1 Å². The van der Waals surface area contributed by atoms with E-state index in [0.717, 1.165) is 47.6 Å². The molecule has 1 aliphatic heterocycles.